The molecule has 3 heterocycles. The molecule has 0 aliphatic carbocycles. The zero-order valence-corrected chi connectivity index (χ0v) is 23.1. The van der Waals surface area contributed by atoms with E-state index in [9.17, 15) is 14.4 Å². The van der Waals surface area contributed by atoms with Crippen LogP contribution in [-0.2, 0) is 19.8 Å². The third-order valence-corrected chi connectivity index (χ3v) is 8.39. The maximum atomic E-state index is 13.8. The summed E-state index contributed by atoms with van der Waals surface area (Å²) < 4.78 is -0.548. The van der Waals surface area contributed by atoms with Crippen molar-refractivity contribution in [2.45, 2.75) is 31.1 Å². The molecule has 3 atom stereocenters. The summed E-state index contributed by atoms with van der Waals surface area (Å²) in [4.78, 5) is 42.2. The Kier molecular flexibility index (Phi) is 7.28. The molecular formula is C28H30Cl2N5O4+. The molecule has 3 aliphatic rings. The van der Waals surface area contributed by atoms with Crippen LogP contribution in [0, 0.1) is 0 Å². The fourth-order valence-electron chi connectivity index (χ4n) is 5.97. The lowest BCUT2D eigenvalue weighted by Crippen LogP contribution is -2.65. The summed E-state index contributed by atoms with van der Waals surface area (Å²) in [7, 11) is 0. The lowest BCUT2D eigenvalue weighted by molar-refractivity contribution is -0.818. The second-order valence-corrected chi connectivity index (χ2v) is 11.0. The highest BCUT2D eigenvalue weighted by molar-refractivity contribution is 6.31. The monoisotopic (exact) mass is 570 g/mol. The van der Waals surface area contributed by atoms with Gasteiger partial charge in [-0.1, -0.05) is 58.0 Å². The summed E-state index contributed by atoms with van der Waals surface area (Å²) in [5, 5.41) is 20.7. The lowest BCUT2D eigenvalue weighted by atomic mass is 9.64. The van der Waals surface area contributed by atoms with Crippen LogP contribution in [0.25, 0.3) is 0 Å². The Morgan fingerprint density at radius 2 is 2.03 bits per heavy atom. The van der Waals surface area contributed by atoms with Gasteiger partial charge in [0.25, 0.3) is 5.91 Å². The number of rotatable bonds is 7. The van der Waals surface area contributed by atoms with Crippen molar-refractivity contribution < 1.29 is 24.1 Å². The summed E-state index contributed by atoms with van der Waals surface area (Å²) in [5.41, 5.74) is 1.80. The minimum absolute atomic E-state index is 0.0364. The summed E-state index contributed by atoms with van der Waals surface area (Å²) in [6.45, 7) is 5.75. The third kappa shape index (κ3) is 4.53. The van der Waals surface area contributed by atoms with Crippen LogP contribution in [0.15, 0.2) is 59.8 Å². The van der Waals surface area contributed by atoms with E-state index >= 15 is 0 Å². The number of aliphatic hydroxyl groups excluding tert-OH is 1. The Labute approximate surface area is 236 Å². The molecule has 3 N–H and O–H groups in total. The SMILES string of the molecule is C=C(CC)[N+]1(CC(=O)NCCO)N=C2C[C@@H](c3cccc(Cl)c3)[C@@]3(CN2CC1=O)C(=O)Nc1cc(Cl)ccc13. The number of benzene rings is 2. The summed E-state index contributed by atoms with van der Waals surface area (Å²) in [6.07, 6.45) is 0.770. The van der Waals surface area contributed by atoms with Crippen molar-refractivity contribution >= 4 is 52.4 Å². The van der Waals surface area contributed by atoms with Crippen LogP contribution >= 0.6 is 23.2 Å². The molecule has 1 saturated heterocycles. The van der Waals surface area contributed by atoms with Crippen molar-refractivity contribution in [3.05, 3.63) is 75.9 Å². The molecule has 0 aromatic heterocycles. The number of nitrogens with zero attached hydrogens (tertiary/aromatic N) is 3. The maximum absolute atomic E-state index is 13.8. The number of carbonyl (C=O) groups is 3. The highest BCUT2D eigenvalue weighted by Crippen LogP contribution is 2.53. The Morgan fingerprint density at radius 3 is 2.74 bits per heavy atom. The number of hydrogen-bond donors (Lipinski definition) is 3. The van der Waals surface area contributed by atoms with Crippen LogP contribution < -0.4 is 10.6 Å². The van der Waals surface area contributed by atoms with Gasteiger partial charge in [0.15, 0.2) is 12.4 Å². The first-order valence-electron chi connectivity index (χ1n) is 12.8. The number of quaternary nitrogens is 1. The van der Waals surface area contributed by atoms with Crippen molar-refractivity contribution in [3.8, 4) is 0 Å². The first-order chi connectivity index (χ1) is 18.6. The van der Waals surface area contributed by atoms with Crippen LogP contribution in [-0.4, -0.2) is 70.9 Å². The summed E-state index contributed by atoms with van der Waals surface area (Å²) in [5.74, 6) is -0.643. The smallest absolute Gasteiger partial charge is 0.364 e. The molecule has 5 rings (SSSR count). The molecule has 204 valence electrons. The standard InChI is InChI=1S/C28H29Cl2N5O4/c1-3-17(2)35(15-25(37)31-9-10-36)26(38)14-34-16-28(21-8-7-20(30)12-23(21)32-27(28)39)22(13-24(34)33-35)18-5-4-6-19(29)11-18/h4-8,11-12,22,36H,2-3,9-10,13-16H2,1H3,(H-,31,32,37,39)/p+1/t22-,28-,35?/m0/s1. The van der Waals surface area contributed by atoms with Gasteiger partial charge in [-0.2, -0.15) is 0 Å². The van der Waals surface area contributed by atoms with Crippen LogP contribution in [0.1, 0.15) is 36.8 Å². The first kappa shape index (κ1) is 27.3. The number of aliphatic hydroxyl groups is 1. The van der Waals surface area contributed by atoms with E-state index in [4.69, 9.17) is 33.4 Å². The van der Waals surface area contributed by atoms with Crippen LogP contribution in [0.5, 0.6) is 0 Å². The molecule has 1 fully saturated rings. The van der Waals surface area contributed by atoms with Crippen molar-refractivity contribution in [1.82, 2.24) is 10.2 Å². The van der Waals surface area contributed by atoms with Gasteiger partial charge in [0.1, 0.15) is 17.7 Å². The Hall–Kier alpha value is -3.24. The molecule has 0 bridgehead atoms. The molecule has 0 radical (unpaired) electrons. The number of nitrogens with one attached hydrogen (secondary N) is 2. The minimum atomic E-state index is -1.02. The zero-order valence-electron chi connectivity index (χ0n) is 21.5. The third-order valence-electron chi connectivity index (χ3n) is 7.92. The van der Waals surface area contributed by atoms with Crippen LogP contribution in [0.3, 0.4) is 0 Å². The number of allylic oxidation sites excluding steroid dienone is 1. The van der Waals surface area contributed by atoms with E-state index in [2.05, 4.69) is 17.2 Å². The van der Waals surface area contributed by atoms with Gasteiger partial charge in [-0.05, 0) is 42.0 Å². The Morgan fingerprint density at radius 1 is 1.26 bits per heavy atom. The van der Waals surface area contributed by atoms with Gasteiger partial charge in [0, 0.05) is 47.6 Å². The molecule has 3 aliphatic heterocycles. The number of anilines is 1. The fraction of sp³-hybridized carbons (Fsp3) is 0.357. The number of fused-ring (bicyclic) bond motifs is 3. The minimum Gasteiger partial charge on any atom is -0.395 e. The number of amides is 3. The first-order valence-corrected chi connectivity index (χ1v) is 13.6. The van der Waals surface area contributed by atoms with Gasteiger partial charge in [-0.25, -0.2) is 4.79 Å². The van der Waals surface area contributed by atoms with E-state index in [1.54, 1.807) is 18.2 Å². The molecule has 3 amide bonds. The van der Waals surface area contributed by atoms with E-state index in [0.717, 1.165) is 11.1 Å². The van der Waals surface area contributed by atoms with E-state index in [0.29, 0.717) is 40.1 Å². The van der Waals surface area contributed by atoms with Gasteiger partial charge >= 0.3 is 5.91 Å². The molecular weight excluding hydrogens is 541 g/mol. The average Bonchev–Trinajstić information content (AvgIpc) is 3.17. The molecule has 2 aromatic carbocycles. The molecule has 2 aromatic rings. The second-order valence-electron chi connectivity index (χ2n) is 10.1. The molecule has 9 nitrogen and oxygen atoms in total. The molecule has 39 heavy (non-hydrogen) atoms. The summed E-state index contributed by atoms with van der Waals surface area (Å²) >= 11 is 12.6. The second kappa shape index (κ2) is 10.4. The number of carbonyl (C=O) groups excluding carboxylic acids is 3. The van der Waals surface area contributed by atoms with Gasteiger partial charge in [0.05, 0.1) is 6.61 Å². The zero-order chi connectivity index (χ0) is 27.9. The van der Waals surface area contributed by atoms with Gasteiger partial charge in [-0.15, -0.1) is 0 Å². The largest absolute Gasteiger partial charge is 0.395 e. The Bertz CT molecular complexity index is 1410. The number of halogens is 2. The predicted molar refractivity (Wildman–Crippen MR) is 149 cm³/mol. The van der Waals surface area contributed by atoms with Crippen LogP contribution in [0.4, 0.5) is 5.69 Å². The average molecular weight is 571 g/mol. The number of amidine groups is 1. The quantitative estimate of drug-likeness (QED) is 0.442. The topological polar surface area (TPSA) is 111 Å². The normalized spacial score (nSPS) is 25.6. The summed E-state index contributed by atoms with van der Waals surface area (Å²) in [6, 6.07) is 12.8. The molecule has 1 spiro atoms. The van der Waals surface area contributed by atoms with Crippen molar-refractivity contribution in [3.63, 3.8) is 0 Å². The van der Waals surface area contributed by atoms with Gasteiger partial charge < -0.3 is 20.6 Å². The molecule has 0 saturated carbocycles. The van der Waals surface area contributed by atoms with E-state index in [1.807, 2.05) is 36.1 Å². The van der Waals surface area contributed by atoms with Crippen molar-refractivity contribution in [2.24, 2.45) is 5.10 Å². The number of piperidine rings is 1. The maximum Gasteiger partial charge on any atom is 0.364 e. The van der Waals surface area contributed by atoms with Gasteiger partial charge in [-0.3, -0.25) is 9.59 Å². The van der Waals surface area contributed by atoms with E-state index in [1.165, 1.54) is 0 Å². The molecule has 1 unspecified atom stereocenters. The fourth-order valence-corrected chi connectivity index (χ4v) is 6.34. The van der Waals surface area contributed by atoms with Crippen molar-refractivity contribution in [1.29, 1.82) is 0 Å². The van der Waals surface area contributed by atoms with E-state index in [-0.39, 0.29) is 50.5 Å². The lowest BCUT2D eigenvalue weighted by Gasteiger charge is -2.48. The highest BCUT2D eigenvalue weighted by atomic mass is 35.5. The van der Waals surface area contributed by atoms with Crippen molar-refractivity contribution in [2.75, 3.05) is 38.1 Å². The Balaban J connectivity index is 1.64. The predicted octanol–water partition coefficient (Wildman–Crippen LogP) is 3.38. The van der Waals surface area contributed by atoms with E-state index < -0.39 is 15.9 Å². The van der Waals surface area contributed by atoms with Crippen LogP contribution in [0.2, 0.25) is 10.0 Å². The van der Waals surface area contributed by atoms with Gasteiger partial charge in [0.2, 0.25) is 5.91 Å². The number of hydrogen-bond acceptors (Lipinski definition) is 6. The molecule has 11 heteroatoms. The highest BCUT2D eigenvalue weighted by Gasteiger charge is 2.60.